The van der Waals surface area contributed by atoms with Crippen LogP contribution in [0.5, 0.6) is 0 Å². The fraction of sp³-hybridized carbons (Fsp3) is 0.387. The Morgan fingerprint density at radius 1 is 1.02 bits per heavy atom. The van der Waals surface area contributed by atoms with Crippen LogP contribution >= 0.6 is 23.4 Å². The minimum Gasteiger partial charge on any atom is -0.378 e. The van der Waals surface area contributed by atoms with Gasteiger partial charge in [0.15, 0.2) is 0 Å². The zero-order valence-corrected chi connectivity index (χ0v) is 24.6. The Hall–Kier alpha value is -3.63. The van der Waals surface area contributed by atoms with Gasteiger partial charge in [0.25, 0.3) is 17.3 Å². The molecule has 0 bridgehead atoms. The predicted octanol–water partition coefficient (Wildman–Crippen LogP) is 7.56. The minimum absolute atomic E-state index is 0.0114. The molecule has 42 heavy (non-hydrogen) atoms. The predicted molar refractivity (Wildman–Crippen MR) is 163 cm³/mol. The Bertz CT molecular complexity index is 1550. The van der Waals surface area contributed by atoms with Crippen molar-refractivity contribution in [2.75, 3.05) is 11.9 Å². The summed E-state index contributed by atoms with van der Waals surface area (Å²) in [5.41, 5.74) is 3.25. The summed E-state index contributed by atoms with van der Waals surface area (Å²) in [4.78, 5) is 38.6. The van der Waals surface area contributed by atoms with E-state index in [0.29, 0.717) is 16.9 Å². The number of anilines is 1. The van der Waals surface area contributed by atoms with Gasteiger partial charge >= 0.3 is 0 Å². The highest BCUT2D eigenvalue weighted by Gasteiger charge is 2.50. The van der Waals surface area contributed by atoms with E-state index in [0.717, 1.165) is 42.6 Å². The molecule has 1 saturated heterocycles. The normalized spacial score (nSPS) is 26.6. The van der Waals surface area contributed by atoms with Crippen molar-refractivity contribution in [3.05, 3.63) is 104 Å². The van der Waals surface area contributed by atoms with Gasteiger partial charge < -0.3 is 10.2 Å². The molecule has 6 rings (SSSR count). The van der Waals surface area contributed by atoms with Gasteiger partial charge in [-0.2, -0.15) is 0 Å². The summed E-state index contributed by atoms with van der Waals surface area (Å²) in [6.07, 6.45) is 3.74. The Morgan fingerprint density at radius 3 is 2.60 bits per heavy atom. The van der Waals surface area contributed by atoms with E-state index in [4.69, 9.17) is 11.6 Å². The van der Waals surface area contributed by atoms with Crippen molar-refractivity contribution in [2.45, 2.75) is 66.1 Å². The van der Waals surface area contributed by atoms with Gasteiger partial charge in [0, 0.05) is 53.2 Å². The molecule has 1 aliphatic carbocycles. The Morgan fingerprint density at radius 2 is 1.83 bits per heavy atom. The van der Waals surface area contributed by atoms with Gasteiger partial charge in [-0.05, 0) is 73.9 Å². The molecule has 1 amide bonds. The third kappa shape index (κ3) is 5.22. The summed E-state index contributed by atoms with van der Waals surface area (Å²) in [5, 5.41) is 26.4. The Labute approximate surface area is 252 Å². The molecule has 1 N–H and O–H groups in total. The van der Waals surface area contributed by atoms with Gasteiger partial charge in [0.05, 0.1) is 26.2 Å². The molecule has 0 radical (unpaired) electrons. The number of carbonyl (C=O) groups excluding carboxylic acids is 1. The van der Waals surface area contributed by atoms with Gasteiger partial charge in [0.2, 0.25) is 0 Å². The molecular formula is C31H31ClN4O5S. The standard InChI is InChI=1S/C31H31ClN4O5S/c1-18-7-4-5-14-34(18)31(37)20-12-13-24-22(16-20)28-23(30(33-24)19-8-6-9-21(15-19)35(38)39)17-27(29(28)32)42-26-11-3-2-10-25(26)36(40)41/h2-3,6,8-13,15-16,18,23,27-30,33H,4-5,7,14,17H2,1H3/t18-,23+,27-,28+,29-,30-/m0/s1. The van der Waals surface area contributed by atoms with Crippen LogP contribution in [0.25, 0.3) is 0 Å². The highest BCUT2D eigenvalue weighted by Crippen LogP contribution is 2.58. The van der Waals surface area contributed by atoms with Crippen LogP contribution in [-0.4, -0.2) is 43.9 Å². The third-order valence-electron chi connectivity index (χ3n) is 8.91. The molecule has 3 aliphatic rings. The zero-order chi connectivity index (χ0) is 29.5. The first-order valence-electron chi connectivity index (χ1n) is 14.2. The van der Waals surface area contributed by atoms with Crippen molar-refractivity contribution < 1.29 is 14.6 Å². The summed E-state index contributed by atoms with van der Waals surface area (Å²) in [6, 6.07) is 19.0. The fourth-order valence-corrected chi connectivity index (χ4v) is 8.79. The monoisotopic (exact) mass is 606 g/mol. The number of thioether (sulfide) groups is 1. The van der Waals surface area contributed by atoms with Crippen LogP contribution in [0.3, 0.4) is 0 Å². The van der Waals surface area contributed by atoms with E-state index < -0.39 is 4.92 Å². The highest BCUT2D eigenvalue weighted by molar-refractivity contribution is 8.00. The SMILES string of the molecule is C[C@H]1CCCCN1C(=O)c1ccc2c(c1)[C@H]1[C@@H](Cl)[C@@H](Sc3ccccc3[N+](=O)[O-])C[C@H]1[C@H](c1cccc([N+](=O)[O-])c1)N2. The number of non-ortho nitro benzene ring substituents is 1. The molecule has 218 valence electrons. The number of nitrogens with zero attached hydrogens (tertiary/aromatic N) is 3. The average Bonchev–Trinajstić information content (AvgIpc) is 3.32. The number of fused-ring (bicyclic) bond motifs is 3. The van der Waals surface area contributed by atoms with Crippen molar-refractivity contribution in [1.29, 1.82) is 0 Å². The number of hydrogen-bond donors (Lipinski definition) is 1. The number of likely N-dealkylation sites (tertiary alicyclic amines) is 1. The van der Waals surface area contributed by atoms with E-state index >= 15 is 0 Å². The number of rotatable bonds is 6. The number of nitrogens with one attached hydrogen (secondary N) is 1. The molecule has 2 aliphatic heterocycles. The Balaban J connectivity index is 1.39. The van der Waals surface area contributed by atoms with Gasteiger partial charge in [-0.1, -0.05) is 24.3 Å². The third-order valence-corrected chi connectivity index (χ3v) is 11.0. The number of benzene rings is 3. The summed E-state index contributed by atoms with van der Waals surface area (Å²) < 4.78 is 0. The van der Waals surface area contributed by atoms with Crippen LogP contribution in [0.2, 0.25) is 0 Å². The van der Waals surface area contributed by atoms with Crippen LogP contribution in [-0.2, 0) is 0 Å². The van der Waals surface area contributed by atoms with Crippen molar-refractivity contribution in [1.82, 2.24) is 4.90 Å². The second-order valence-corrected chi connectivity index (χ2v) is 13.2. The number of nitro benzene ring substituents is 2. The van der Waals surface area contributed by atoms with Gasteiger partial charge in [0.1, 0.15) is 0 Å². The van der Waals surface area contributed by atoms with E-state index in [1.54, 1.807) is 30.3 Å². The number of carbonyl (C=O) groups is 1. The number of hydrogen-bond acceptors (Lipinski definition) is 7. The topological polar surface area (TPSA) is 119 Å². The molecule has 2 heterocycles. The van der Waals surface area contributed by atoms with E-state index in [9.17, 15) is 25.0 Å². The molecule has 1 saturated carbocycles. The van der Waals surface area contributed by atoms with Crippen molar-refractivity contribution in [3.63, 3.8) is 0 Å². The van der Waals surface area contributed by atoms with E-state index in [1.165, 1.54) is 23.9 Å². The number of piperidine rings is 1. The number of nitro groups is 2. The molecule has 0 aromatic heterocycles. The maximum absolute atomic E-state index is 13.6. The van der Waals surface area contributed by atoms with E-state index in [-0.39, 0.29) is 56.8 Å². The van der Waals surface area contributed by atoms with E-state index in [2.05, 4.69) is 12.2 Å². The van der Waals surface area contributed by atoms with Crippen LogP contribution in [0.4, 0.5) is 17.1 Å². The van der Waals surface area contributed by atoms with Gasteiger partial charge in [-0.25, -0.2) is 0 Å². The zero-order valence-electron chi connectivity index (χ0n) is 23.0. The summed E-state index contributed by atoms with van der Waals surface area (Å²) in [6.45, 7) is 2.83. The Kier molecular flexibility index (Phi) is 7.85. The molecule has 11 heteroatoms. The van der Waals surface area contributed by atoms with Crippen molar-refractivity contribution in [3.8, 4) is 0 Å². The lowest BCUT2D eigenvalue weighted by atomic mass is 9.76. The number of alkyl halides is 1. The lowest BCUT2D eigenvalue weighted by molar-refractivity contribution is -0.387. The maximum Gasteiger partial charge on any atom is 0.282 e. The van der Waals surface area contributed by atoms with Gasteiger partial charge in [-0.15, -0.1) is 23.4 Å². The summed E-state index contributed by atoms with van der Waals surface area (Å²) in [7, 11) is 0. The van der Waals surface area contributed by atoms with Crippen LogP contribution in [0.1, 0.15) is 66.1 Å². The first-order valence-corrected chi connectivity index (χ1v) is 15.5. The molecule has 3 aromatic rings. The largest absolute Gasteiger partial charge is 0.378 e. The average molecular weight is 607 g/mol. The summed E-state index contributed by atoms with van der Waals surface area (Å²) >= 11 is 8.69. The number of amides is 1. The first kappa shape index (κ1) is 28.5. The molecule has 0 spiro atoms. The van der Waals surface area contributed by atoms with Crippen molar-refractivity contribution in [2.24, 2.45) is 5.92 Å². The summed E-state index contributed by atoms with van der Waals surface area (Å²) in [5.74, 6) is -0.210. The van der Waals surface area contributed by atoms with Gasteiger partial charge in [-0.3, -0.25) is 25.0 Å². The van der Waals surface area contributed by atoms with E-state index in [1.807, 2.05) is 29.2 Å². The molecule has 2 fully saturated rings. The molecule has 9 nitrogen and oxygen atoms in total. The van der Waals surface area contributed by atoms with Crippen molar-refractivity contribution >= 4 is 46.3 Å². The minimum atomic E-state index is -0.399. The molecule has 6 atom stereocenters. The van der Waals surface area contributed by atoms with Crippen LogP contribution in [0.15, 0.2) is 71.6 Å². The quantitative estimate of drug-likeness (QED) is 0.175. The molecule has 0 unspecified atom stereocenters. The molecular weight excluding hydrogens is 576 g/mol. The van der Waals surface area contributed by atoms with Crippen LogP contribution < -0.4 is 5.32 Å². The number of para-hydroxylation sites is 1. The maximum atomic E-state index is 13.6. The van der Waals surface area contributed by atoms with Crippen LogP contribution in [0, 0.1) is 26.1 Å². The smallest absolute Gasteiger partial charge is 0.282 e. The first-order chi connectivity index (χ1) is 20.2. The number of halogens is 1. The second-order valence-electron chi connectivity index (χ2n) is 11.4. The molecule has 3 aromatic carbocycles. The lowest BCUT2D eigenvalue weighted by Crippen LogP contribution is -2.42. The highest BCUT2D eigenvalue weighted by atomic mass is 35.5. The lowest BCUT2D eigenvalue weighted by Gasteiger charge is -2.39. The fourth-order valence-electron chi connectivity index (χ4n) is 6.85. The second kappa shape index (κ2) is 11.6.